The average molecular weight is 412 g/mol. The summed E-state index contributed by atoms with van der Waals surface area (Å²) < 4.78 is 4.81. The lowest BCUT2D eigenvalue weighted by molar-refractivity contribution is 0.960. The first-order chi connectivity index (χ1) is 15.9. The topological polar surface area (TPSA) is 35.1 Å². The van der Waals surface area contributed by atoms with Crippen molar-refractivity contribution >= 4 is 55.5 Å². The van der Waals surface area contributed by atoms with E-state index in [4.69, 9.17) is 0 Å². The SMILES string of the molecule is C1=NCCC(n2c3ccccc3c3c2ccc2c4ccccc4n(-c4ccncc4)c23)=C1. The van der Waals surface area contributed by atoms with Crippen LogP contribution in [0.25, 0.3) is 55.0 Å². The van der Waals surface area contributed by atoms with E-state index in [-0.39, 0.29) is 0 Å². The van der Waals surface area contributed by atoms with Gasteiger partial charge >= 0.3 is 0 Å². The maximum Gasteiger partial charge on any atom is 0.0641 e. The van der Waals surface area contributed by atoms with Crippen LogP contribution in [0.5, 0.6) is 0 Å². The molecule has 0 saturated heterocycles. The van der Waals surface area contributed by atoms with E-state index in [1.807, 2.05) is 18.6 Å². The van der Waals surface area contributed by atoms with Gasteiger partial charge in [-0.3, -0.25) is 9.98 Å². The van der Waals surface area contributed by atoms with E-state index in [0.29, 0.717) is 0 Å². The van der Waals surface area contributed by atoms with Gasteiger partial charge in [0, 0.05) is 64.5 Å². The normalized spacial score (nSPS) is 14.1. The van der Waals surface area contributed by atoms with E-state index in [2.05, 4.69) is 98.0 Å². The Balaban J connectivity index is 1.75. The van der Waals surface area contributed by atoms with Crippen LogP contribution < -0.4 is 0 Å². The molecule has 7 rings (SSSR count). The third-order valence-corrected chi connectivity index (χ3v) is 6.55. The number of rotatable bonds is 2. The minimum atomic E-state index is 0.833. The molecule has 0 fully saturated rings. The van der Waals surface area contributed by atoms with Crippen molar-refractivity contribution in [2.75, 3.05) is 6.54 Å². The molecule has 152 valence electrons. The highest BCUT2D eigenvalue weighted by atomic mass is 15.0. The number of benzene rings is 3. The standard InChI is InChI=1S/C28H20N4/c1-3-7-24-21(5-1)22-9-10-26-27(28(22)32(24)20-13-17-30-18-14-20)23-6-2-4-8-25(23)31(26)19-11-15-29-16-12-19/h1-11,13-15,17-18H,12,16H2. The smallest absolute Gasteiger partial charge is 0.0641 e. The fourth-order valence-corrected chi connectivity index (χ4v) is 5.24. The van der Waals surface area contributed by atoms with E-state index in [9.17, 15) is 0 Å². The van der Waals surface area contributed by atoms with Crippen LogP contribution in [0.1, 0.15) is 6.42 Å². The Morgan fingerprint density at radius 1 is 0.656 bits per heavy atom. The van der Waals surface area contributed by atoms with Crippen molar-refractivity contribution in [1.82, 2.24) is 14.1 Å². The maximum atomic E-state index is 4.41. The highest BCUT2D eigenvalue weighted by Gasteiger charge is 2.21. The molecule has 0 N–H and O–H groups in total. The molecule has 0 radical (unpaired) electrons. The Hall–Kier alpha value is -4.18. The number of fused-ring (bicyclic) bond motifs is 7. The maximum absolute atomic E-state index is 4.41. The number of nitrogens with zero attached hydrogens (tertiary/aromatic N) is 4. The Bertz CT molecular complexity index is 1710. The molecular formula is C28H20N4. The molecule has 0 unspecified atom stereocenters. The second-order valence-corrected chi connectivity index (χ2v) is 8.23. The summed E-state index contributed by atoms with van der Waals surface area (Å²) in [6, 6.07) is 26.2. The first-order valence-corrected chi connectivity index (χ1v) is 11.0. The van der Waals surface area contributed by atoms with Gasteiger partial charge in [-0.2, -0.15) is 0 Å². The number of aromatic nitrogens is 3. The molecule has 3 aromatic heterocycles. The summed E-state index contributed by atoms with van der Waals surface area (Å²) in [5, 5.41) is 5.10. The van der Waals surface area contributed by atoms with Gasteiger partial charge in [0.1, 0.15) is 0 Å². The van der Waals surface area contributed by atoms with Crippen LogP contribution in [0.15, 0.2) is 96.3 Å². The van der Waals surface area contributed by atoms with Gasteiger partial charge in [0.2, 0.25) is 0 Å². The molecule has 1 aliphatic rings. The summed E-state index contributed by atoms with van der Waals surface area (Å²) in [4.78, 5) is 8.66. The minimum absolute atomic E-state index is 0.833. The van der Waals surface area contributed by atoms with Crippen molar-refractivity contribution in [2.24, 2.45) is 4.99 Å². The van der Waals surface area contributed by atoms with E-state index in [1.165, 1.54) is 49.3 Å². The van der Waals surface area contributed by atoms with Gasteiger partial charge in [-0.1, -0.05) is 42.5 Å². The Labute approximate surface area is 184 Å². The van der Waals surface area contributed by atoms with E-state index >= 15 is 0 Å². The van der Waals surface area contributed by atoms with Gasteiger partial charge in [-0.25, -0.2) is 0 Å². The third kappa shape index (κ3) is 2.32. The summed E-state index contributed by atoms with van der Waals surface area (Å²) in [5.74, 6) is 0. The second-order valence-electron chi connectivity index (χ2n) is 8.23. The fourth-order valence-electron chi connectivity index (χ4n) is 5.24. The van der Waals surface area contributed by atoms with Crippen molar-refractivity contribution in [3.05, 3.63) is 91.3 Å². The molecule has 3 aromatic carbocycles. The van der Waals surface area contributed by atoms with Crippen LogP contribution in [0.3, 0.4) is 0 Å². The molecule has 0 spiro atoms. The summed E-state index contributed by atoms with van der Waals surface area (Å²) in [7, 11) is 0. The zero-order chi connectivity index (χ0) is 21.1. The zero-order valence-electron chi connectivity index (χ0n) is 17.4. The van der Waals surface area contributed by atoms with Gasteiger partial charge in [0.05, 0.1) is 22.1 Å². The Morgan fingerprint density at radius 3 is 2.19 bits per heavy atom. The van der Waals surface area contributed by atoms with Gasteiger partial charge in [0.15, 0.2) is 0 Å². The quantitative estimate of drug-likeness (QED) is 0.315. The largest absolute Gasteiger partial charge is 0.313 e. The van der Waals surface area contributed by atoms with Crippen molar-refractivity contribution in [3.63, 3.8) is 0 Å². The lowest BCUT2D eigenvalue weighted by atomic mass is 10.1. The monoisotopic (exact) mass is 412 g/mol. The predicted molar refractivity (Wildman–Crippen MR) is 134 cm³/mol. The van der Waals surface area contributed by atoms with Crippen molar-refractivity contribution in [2.45, 2.75) is 6.42 Å². The van der Waals surface area contributed by atoms with Crippen molar-refractivity contribution in [3.8, 4) is 5.69 Å². The van der Waals surface area contributed by atoms with Crippen molar-refractivity contribution < 1.29 is 0 Å². The molecule has 32 heavy (non-hydrogen) atoms. The van der Waals surface area contributed by atoms with Crippen LogP contribution in [-0.4, -0.2) is 26.9 Å². The zero-order valence-corrected chi connectivity index (χ0v) is 17.4. The van der Waals surface area contributed by atoms with E-state index in [1.54, 1.807) is 0 Å². The molecule has 0 saturated carbocycles. The molecule has 0 aliphatic carbocycles. The minimum Gasteiger partial charge on any atom is -0.313 e. The number of para-hydroxylation sites is 2. The van der Waals surface area contributed by atoms with Crippen LogP contribution >= 0.6 is 0 Å². The van der Waals surface area contributed by atoms with E-state index < -0.39 is 0 Å². The average Bonchev–Trinajstić information content (AvgIpc) is 3.38. The third-order valence-electron chi connectivity index (χ3n) is 6.55. The molecule has 4 nitrogen and oxygen atoms in total. The predicted octanol–water partition coefficient (Wildman–Crippen LogP) is 6.60. The number of hydrogen-bond donors (Lipinski definition) is 0. The summed E-state index contributed by atoms with van der Waals surface area (Å²) in [5.41, 5.74) is 7.34. The molecule has 6 aromatic rings. The molecule has 4 heteroatoms. The first-order valence-electron chi connectivity index (χ1n) is 11.0. The van der Waals surface area contributed by atoms with Crippen LogP contribution in [0.4, 0.5) is 0 Å². The number of allylic oxidation sites excluding steroid dienone is 1. The molecular weight excluding hydrogens is 392 g/mol. The van der Waals surface area contributed by atoms with Gasteiger partial charge < -0.3 is 9.13 Å². The van der Waals surface area contributed by atoms with Crippen LogP contribution in [-0.2, 0) is 0 Å². The summed E-state index contributed by atoms with van der Waals surface area (Å²) >= 11 is 0. The number of hydrogen-bond acceptors (Lipinski definition) is 2. The Kier molecular flexibility index (Phi) is 3.64. The molecule has 0 atom stereocenters. The summed E-state index contributed by atoms with van der Waals surface area (Å²) in [6.07, 6.45) is 8.76. The summed E-state index contributed by atoms with van der Waals surface area (Å²) in [6.45, 7) is 0.833. The highest BCUT2D eigenvalue weighted by molar-refractivity contribution is 6.26. The van der Waals surface area contributed by atoms with Crippen molar-refractivity contribution in [1.29, 1.82) is 0 Å². The first kappa shape index (κ1) is 17.5. The van der Waals surface area contributed by atoms with Crippen LogP contribution in [0.2, 0.25) is 0 Å². The number of aliphatic imine (C=N–C) groups is 1. The van der Waals surface area contributed by atoms with E-state index in [0.717, 1.165) is 18.7 Å². The van der Waals surface area contributed by atoms with Gasteiger partial charge in [-0.05, 0) is 36.4 Å². The molecule has 0 amide bonds. The van der Waals surface area contributed by atoms with Gasteiger partial charge in [0.25, 0.3) is 0 Å². The fraction of sp³-hybridized carbons (Fsp3) is 0.0714. The molecule has 0 bridgehead atoms. The number of dihydropyridines is 1. The van der Waals surface area contributed by atoms with Crippen LogP contribution in [0, 0.1) is 0 Å². The number of pyridine rings is 1. The molecule has 4 heterocycles. The Morgan fingerprint density at radius 2 is 1.41 bits per heavy atom. The second kappa shape index (κ2) is 6.66. The van der Waals surface area contributed by atoms with Gasteiger partial charge in [-0.15, -0.1) is 0 Å². The highest BCUT2D eigenvalue weighted by Crippen LogP contribution is 2.41. The lowest BCUT2D eigenvalue weighted by Gasteiger charge is -2.13. The lowest BCUT2D eigenvalue weighted by Crippen LogP contribution is -2.02. The molecule has 1 aliphatic heterocycles.